The molecule has 0 aromatic heterocycles. The van der Waals surface area contributed by atoms with Crippen LogP contribution in [0.3, 0.4) is 0 Å². The van der Waals surface area contributed by atoms with Crippen LogP contribution >= 0.6 is 23.2 Å². The van der Waals surface area contributed by atoms with E-state index in [9.17, 15) is 8.78 Å². The summed E-state index contributed by atoms with van der Waals surface area (Å²) in [5, 5.41) is 0. The van der Waals surface area contributed by atoms with E-state index < -0.39 is 10.9 Å². The summed E-state index contributed by atoms with van der Waals surface area (Å²) in [6.07, 6.45) is -3.65. The van der Waals surface area contributed by atoms with Crippen LogP contribution in [0.1, 0.15) is 0 Å². The molecule has 0 saturated heterocycles. The van der Waals surface area contributed by atoms with Gasteiger partial charge in [-0.05, 0) is 17.0 Å². The van der Waals surface area contributed by atoms with Gasteiger partial charge in [0.2, 0.25) is 0 Å². The van der Waals surface area contributed by atoms with Gasteiger partial charge in [0, 0.05) is 0 Å². The van der Waals surface area contributed by atoms with Gasteiger partial charge in [0.25, 0.3) is 6.11 Å². The molecule has 0 bridgehead atoms. The molecule has 0 saturated carbocycles. The van der Waals surface area contributed by atoms with Crippen molar-refractivity contribution in [1.29, 1.82) is 0 Å². The zero-order chi connectivity index (χ0) is 9.90. The van der Waals surface area contributed by atoms with Crippen molar-refractivity contribution in [2.45, 2.75) is 6.11 Å². The molecular weight excluding hydrogens is 221 g/mol. The van der Waals surface area contributed by atoms with E-state index in [0.29, 0.717) is 0 Å². The fraction of sp³-hybridized carbons (Fsp3) is 0.125. The minimum absolute atomic E-state index is 0.00583. The van der Waals surface area contributed by atoms with Gasteiger partial charge in [0.15, 0.2) is 0 Å². The summed E-state index contributed by atoms with van der Waals surface area (Å²) in [4.78, 5) is -1.11. The topological polar surface area (TPSA) is 9.23 Å². The summed E-state index contributed by atoms with van der Waals surface area (Å²) in [7, 11) is 0. The summed E-state index contributed by atoms with van der Waals surface area (Å²) in [6, 6.07) is 7.56. The molecule has 72 valence electrons. The predicted molar refractivity (Wildman–Crippen MR) is 47.0 cm³/mol. The van der Waals surface area contributed by atoms with Crippen LogP contribution in [0, 0.1) is 4.84 Å². The van der Waals surface area contributed by atoms with E-state index in [2.05, 4.69) is 4.74 Å². The summed E-state index contributed by atoms with van der Waals surface area (Å²) in [6.45, 7) is 0. The Morgan fingerprint density at radius 3 is 2.15 bits per heavy atom. The number of ether oxygens (including phenoxy) is 1. The molecule has 0 heterocycles. The van der Waals surface area contributed by atoms with Crippen LogP contribution in [-0.4, -0.2) is 6.11 Å². The van der Waals surface area contributed by atoms with Crippen LogP contribution in [0.2, 0.25) is 0 Å². The summed E-state index contributed by atoms with van der Waals surface area (Å²) < 4.78 is 29.6. The van der Waals surface area contributed by atoms with Gasteiger partial charge in [-0.3, -0.25) is 0 Å². The van der Waals surface area contributed by atoms with Crippen LogP contribution in [0.15, 0.2) is 30.3 Å². The molecule has 5 heteroatoms. The molecule has 0 aliphatic rings. The molecule has 13 heavy (non-hydrogen) atoms. The van der Waals surface area contributed by atoms with Crippen molar-refractivity contribution in [3.63, 3.8) is 0 Å². The highest BCUT2D eigenvalue weighted by Crippen LogP contribution is 2.35. The summed E-state index contributed by atoms with van der Waals surface area (Å²) in [5.74, 6) is 0.00583. The van der Waals surface area contributed by atoms with Gasteiger partial charge in [-0.25, -0.2) is 0 Å². The molecule has 0 unspecified atom stereocenters. The third-order valence-electron chi connectivity index (χ3n) is 1.21. The molecule has 0 spiro atoms. The second-order valence-corrected chi connectivity index (χ2v) is 3.14. The normalized spacial score (nSPS) is 11.8. The number of halogens is 4. The fourth-order valence-electron chi connectivity index (χ4n) is 0.675. The minimum Gasteiger partial charge on any atom is -0.455 e. The predicted octanol–water partition coefficient (Wildman–Crippen LogP) is 3.63. The first-order valence-electron chi connectivity index (χ1n) is 3.32. The first kappa shape index (κ1) is 10.5. The van der Waals surface area contributed by atoms with Crippen LogP contribution in [0.5, 0.6) is 5.75 Å². The molecule has 0 N–H and O–H groups in total. The van der Waals surface area contributed by atoms with E-state index in [4.69, 9.17) is 23.2 Å². The zero-order valence-corrected chi connectivity index (χ0v) is 7.82. The molecule has 0 fully saturated rings. The van der Waals surface area contributed by atoms with E-state index in [1.54, 1.807) is 18.2 Å². The highest BCUT2D eigenvalue weighted by Gasteiger charge is 2.27. The lowest BCUT2D eigenvalue weighted by molar-refractivity contribution is -0.144. The average Bonchev–Trinajstić information content (AvgIpc) is 2.05. The molecule has 1 aromatic carbocycles. The lowest BCUT2D eigenvalue weighted by atomic mass is 10.3. The lowest BCUT2D eigenvalue weighted by Gasteiger charge is -2.28. The molecule has 0 radical (unpaired) electrons. The Kier molecular flexibility index (Phi) is 3.33. The third-order valence-corrected chi connectivity index (χ3v) is 1.65. The molecule has 1 rings (SSSR count). The third kappa shape index (κ3) is 3.01. The maximum absolute atomic E-state index is 12.7. The maximum atomic E-state index is 12.7. The molecule has 1 nitrogen and oxygen atoms in total. The van der Waals surface area contributed by atoms with Crippen molar-refractivity contribution in [1.82, 2.24) is 0 Å². The molecule has 0 aliphatic carbocycles. The quantitative estimate of drug-likeness (QED) is 0.715. The molecule has 0 atom stereocenters. The van der Waals surface area contributed by atoms with Gasteiger partial charge in [-0.1, -0.05) is 18.2 Å². The van der Waals surface area contributed by atoms with Gasteiger partial charge >= 0.3 is 0 Å². The van der Waals surface area contributed by atoms with E-state index in [1.807, 2.05) is 0 Å². The monoisotopic (exact) mass is 225 g/mol. The van der Waals surface area contributed by atoms with Gasteiger partial charge < -0.3 is 27.9 Å². The van der Waals surface area contributed by atoms with Crippen LogP contribution in [-0.2, 0) is 0 Å². The van der Waals surface area contributed by atoms with E-state index in [-0.39, 0.29) is 5.75 Å². The standard InChI is InChI=1S/C8H5Cl2F2O/c9-7(10)8(11,12)13-6-4-2-1-3-5-6/h1-5H/q-1. The summed E-state index contributed by atoms with van der Waals surface area (Å²) >= 11 is 9.85. The number of hydrogen-bond donors (Lipinski definition) is 0. The second kappa shape index (κ2) is 4.11. The number of hydrogen-bond acceptors (Lipinski definition) is 1. The van der Waals surface area contributed by atoms with E-state index >= 15 is 0 Å². The maximum Gasteiger partial charge on any atom is 0.298 e. The Morgan fingerprint density at radius 2 is 1.69 bits per heavy atom. The molecular formula is C8H5Cl2F2O-. The van der Waals surface area contributed by atoms with Crippen molar-refractivity contribution in [3.8, 4) is 5.75 Å². The highest BCUT2D eigenvalue weighted by molar-refractivity contribution is 6.53. The van der Waals surface area contributed by atoms with Crippen LogP contribution in [0.4, 0.5) is 8.78 Å². The number of rotatable bonds is 3. The first-order chi connectivity index (χ1) is 6.02. The van der Waals surface area contributed by atoms with E-state index in [1.165, 1.54) is 12.1 Å². The summed E-state index contributed by atoms with van der Waals surface area (Å²) in [5.41, 5.74) is 0. The SMILES string of the molecule is FC(F)(Oc1ccccc1)[C-](Cl)Cl. The van der Waals surface area contributed by atoms with Crippen molar-refractivity contribution in [2.75, 3.05) is 0 Å². The molecule has 0 aliphatic heterocycles. The lowest BCUT2D eigenvalue weighted by Crippen LogP contribution is -2.27. The fourth-order valence-corrected chi connectivity index (χ4v) is 0.752. The Bertz CT molecular complexity index is 264. The second-order valence-electron chi connectivity index (χ2n) is 2.19. The zero-order valence-electron chi connectivity index (χ0n) is 6.31. The largest absolute Gasteiger partial charge is 0.455 e. The Morgan fingerprint density at radius 1 is 1.15 bits per heavy atom. The molecule has 1 aromatic rings. The average molecular weight is 226 g/mol. The van der Waals surface area contributed by atoms with Gasteiger partial charge in [0.05, 0.1) is 0 Å². The van der Waals surface area contributed by atoms with Crippen molar-refractivity contribution >= 4 is 23.2 Å². The molecule has 0 amide bonds. The van der Waals surface area contributed by atoms with Crippen molar-refractivity contribution < 1.29 is 13.5 Å². The van der Waals surface area contributed by atoms with Crippen LogP contribution in [0.25, 0.3) is 0 Å². The number of benzene rings is 1. The van der Waals surface area contributed by atoms with E-state index in [0.717, 1.165) is 0 Å². The number of alkyl halides is 2. The first-order valence-corrected chi connectivity index (χ1v) is 4.08. The van der Waals surface area contributed by atoms with Crippen molar-refractivity contribution in [3.05, 3.63) is 35.2 Å². The van der Waals surface area contributed by atoms with Gasteiger partial charge in [0.1, 0.15) is 5.75 Å². The Labute approximate surface area is 84.2 Å². The number of para-hydroxylation sites is 1. The smallest absolute Gasteiger partial charge is 0.298 e. The Balaban J connectivity index is 2.69. The van der Waals surface area contributed by atoms with Crippen LogP contribution < -0.4 is 4.74 Å². The van der Waals surface area contributed by atoms with Gasteiger partial charge in [-0.2, -0.15) is 8.78 Å². The highest BCUT2D eigenvalue weighted by atomic mass is 35.5. The van der Waals surface area contributed by atoms with Crippen molar-refractivity contribution in [2.24, 2.45) is 0 Å². The minimum atomic E-state index is -3.65. The Hall–Kier alpha value is -0.540. The van der Waals surface area contributed by atoms with Gasteiger partial charge in [-0.15, -0.1) is 0 Å².